The Morgan fingerprint density at radius 3 is 2.21 bits per heavy atom. The molecule has 0 fully saturated rings. The summed E-state index contributed by atoms with van der Waals surface area (Å²) >= 11 is 6.10. The van der Waals surface area contributed by atoms with Gasteiger partial charge in [-0.1, -0.05) is 56.6 Å². The van der Waals surface area contributed by atoms with Crippen LogP contribution in [0.25, 0.3) is 0 Å². The molecular formula is C25H34ClN3O4S. The summed E-state index contributed by atoms with van der Waals surface area (Å²) in [7, 11) is -3.77. The molecule has 0 aliphatic rings. The molecule has 0 radical (unpaired) electrons. The number of benzene rings is 2. The van der Waals surface area contributed by atoms with E-state index in [2.05, 4.69) is 26.1 Å². The number of nitrogens with zero attached hydrogens (tertiary/aromatic N) is 2. The fourth-order valence-corrected chi connectivity index (χ4v) is 4.54. The average molecular weight is 508 g/mol. The molecule has 2 aromatic rings. The second-order valence-corrected chi connectivity index (χ2v) is 11.6. The van der Waals surface area contributed by atoms with Crippen molar-refractivity contribution in [2.24, 2.45) is 0 Å². The Morgan fingerprint density at radius 2 is 1.71 bits per heavy atom. The second kappa shape index (κ2) is 11.2. The zero-order chi connectivity index (χ0) is 25.7. The number of hydrogen-bond donors (Lipinski definition) is 1. The van der Waals surface area contributed by atoms with E-state index in [-0.39, 0.29) is 17.9 Å². The minimum absolute atomic E-state index is 0.0971. The third-order valence-corrected chi connectivity index (χ3v) is 6.84. The fraction of sp³-hybridized carbons (Fsp3) is 0.440. The highest BCUT2D eigenvalue weighted by Gasteiger charge is 2.30. The number of sulfonamides is 1. The van der Waals surface area contributed by atoms with Crippen LogP contribution in [0.4, 0.5) is 5.69 Å². The number of likely N-dealkylation sites (N-methyl/N-ethyl adjacent to an activating group) is 1. The van der Waals surface area contributed by atoms with Gasteiger partial charge in [0.25, 0.3) is 0 Å². The lowest BCUT2D eigenvalue weighted by molar-refractivity contribution is -0.139. The largest absolute Gasteiger partial charge is 0.355 e. The van der Waals surface area contributed by atoms with Crippen molar-refractivity contribution in [1.29, 1.82) is 0 Å². The maximum atomic E-state index is 13.4. The summed E-state index contributed by atoms with van der Waals surface area (Å²) in [5.41, 5.74) is 2.07. The van der Waals surface area contributed by atoms with Gasteiger partial charge in [0.15, 0.2) is 0 Å². The van der Waals surface area contributed by atoms with E-state index < -0.39 is 28.5 Å². The van der Waals surface area contributed by atoms with E-state index >= 15 is 0 Å². The van der Waals surface area contributed by atoms with Gasteiger partial charge in [-0.05, 0) is 54.7 Å². The highest BCUT2D eigenvalue weighted by atomic mass is 35.5. The third kappa shape index (κ3) is 7.46. The number of anilines is 1. The van der Waals surface area contributed by atoms with Crippen LogP contribution in [0.5, 0.6) is 0 Å². The molecule has 9 heteroatoms. The van der Waals surface area contributed by atoms with Gasteiger partial charge in [-0.3, -0.25) is 13.9 Å². The zero-order valence-corrected chi connectivity index (χ0v) is 22.2. The molecule has 2 amide bonds. The van der Waals surface area contributed by atoms with E-state index in [1.165, 1.54) is 4.90 Å². The smallest absolute Gasteiger partial charge is 0.244 e. The van der Waals surface area contributed by atoms with Crippen LogP contribution in [0, 0.1) is 0 Å². The van der Waals surface area contributed by atoms with Gasteiger partial charge in [-0.25, -0.2) is 8.42 Å². The van der Waals surface area contributed by atoms with E-state index in [9.17, 15) is 18.0 Å². The van der Waals surface area contributed by atoms with Crippen molar-refractivity contribution in [3.8, 4) is 0 Å². The molecule has 0 spiro atoms. The summed E-state index contributed by atoms with van der Waals surface area (Å²) in [6, 6.07) is 13.3. The van der Waals surface area contributed by atoms with Gasteiger partial charge in [-0.15, -0.1) is 0 Å². The van der Waals surface area contributed by atoms with Crippen molar-refractivity contribution in [1.82, 2.24) is 10.2 Å². The molecule has 1 N–H and O–H groups in total. The Labute approximate surface area is 208 Å². The molecule has 2 rings (SSSR count). The van der Waals surface area contributed by atoms with Gasteiger partial charge in [0, 0.05) is 18.1 Å². The van der Waals surface area contributed by atoms with Crippen LogP contribution >= 0.6 is 11.6 Å². The van der Waals surface area contributed by atoms with E-state index in [0.717, 1.165) is 21.7 Å². The number of carbonyl (C=O) groups excluding carboxylic acids is 2. The number of rotatable bonds is 9. The van der Waals surface area contributed by atoms with E-state index in [4.69, 9.17) is 11.6 Å². The van der Waals surface area contributed by atoms with Crippen LogP contribution in [0.3, 0.4) is 0 Å². The first-order valence-corrected chi connectivity index (χ1v) is 13.4. The number of hydrogen-bond acceptors (Lipinski definition) is 4. The van der Waals surface area contributed by atoms with Crippen molar-refractivity contribution in [2.45, 2.75) is 52.6 Å². The Balaban J connectivity index is 2.39. The molecular weight excluding hydrogens is 474 g/mol. The molecule has 0 aromatic heterocycles. The molecule has 0 heterocycles. The fourth-order valence-electron chi connectivity index (χ4n) is 3.48. The maximum absolute atomic E-state index is 13.4. The van der Waals surface area contributed by atoms with Crippen LogP contribution in [0.15, 0.2) is 48.5 Å². The normalized spacial score (nSPS) is 12.7. The zero-order valence-electron chi connectivity index (χ0n) is 20.6. The van der Waals surface area contributed by atoms with Crippen molar-refractivity contribution in [3.05, 3.63) is 64.7 Å². The van der Waals surface area contributed by atoms with Crippen molar-refractivity contribution in [2.75, 3.05) is 23.7 Å². The molecule has 0 saturated carbocycles. The molecule has 34 heavy (non-hydrogen) atoms. The van der Waals surface area contributed by atoms with Crippen LogP contribution in [0.1, 0.15) is 45.7 Å². The topological polar surface area (TPSA) is 86.8 Å². The SMILES string of the molecule is CCNC(=O)C(C)N(Cc1cccc(Cl)c1)C(=O)CN(c1ccc(C(C)(C)C)cc1)S(C)(=O)=O. The predicted octanol–water partition coefficient (Wildman–Crippen LogP) is 3.96. The molecule has 1 atom stereocenters. The molecule has 186 valence electrons. The minimum Gasteiger partial charge on any atom is -0.355 e. The monoisotopic (exact) mass is 507 g/mol. The van der Waals surface area contributed by atoms with Crippen LogP contribution in [-0.4, -0.2) is 50.5 Å². The molecule has 1 unspecified atom stereocenters. The Morgan fingerprint density at radius 1 is 1.09 bits per heavy atom. The predicted molar refractivity (Wildman–Crippen MR) is 137 cm³/mol. The van der Waals surface area contributed by atoms with E-state index in [1.807, 2.05) is 12.1 Å². The third-order valence-electron chi connectivity index (χ3n) is 5.46. The molecule has 0 aliphatic heterocycles. The summed E-state index contributed by atoms with van der Waals surface area (Å²) in [5.74, 6) is -0.817. The first-order valence-electron chi connectivity index (χ1n) is 11.1. The van der Waals surface area contributed by atoms with Crippen molar-refractivity contribution >= 4 is 39.1 Å². The lowest BCUT2D eigenvalue weighted by Gasteiger charge is -2.31. The highest BCUT2D eigenvalue weighted by Crippen LogP contribution is 2.26. The summed E-state index contributed by atoms with van der Waals surface area (Å²) in [6.45, 7) is 9.70. The number of nitrogens with one attached hydrogen (secondary N) is 1. The van der Waals surface area contributed by atoms with Gasteiger partial charge in [0.1, 0.15) is 12.6 Å². The van der Waals surface area contributed by atoms with Crippen molar-refractivity contribution < 1.29 is 18.0 Å². The summed E-state index contributed by atoms with van der Waals surface area (Å²) < 4.78 is 26.3. The molecule has 7 nitrogen and oxygen atoms in total. The lowest BCUT2D eigenvalue weighted by Crippen LogP contribution is -2.51. The van der Waals surface area contributed by atoms with Crippen LogP contribution in [0.2, 0.25) is 5.02 Å². The Bertz CT molecular complexity index is 1110. The summed E-state index contributed by atoms with van der Waals surface area (Å²) in [5, 5.41) is 3.23. The van der Waals surface area contributed by atoms with Gasteiger partial charge in [0.05, 0.1) is 11.9 Å². The first-order chi connectivity index (χ1) is 15.7. The minimum atomic E-state index is -3.77. The number of halogens is 1. The van der Waals surface area contributed by atoms with Crippen molar-refractivity contribution in [3.63, 3.8) is 0 Å². The number of carbonyl (C=O) groups is 2. The Hall–Kier alpha value is -2.58. The quantitative estimate of drug-likeness (QED) is 0.556. The first kappa shape index (κ1) is 27.7. The average Bonchev–Trinajstić information content (AvgIpc) is 2.74. The van der Waals surface area contributed by atoms with Crippen LogP contribution in [-0.2, 0) is 31.6 Å². The molecule has 0 aliphatic carbocycles. The lowest BCUT2D eigenvalue weighted by atomic mass is 9.87. The molecule has 0 bridgehead atoms. The van der Waals surface area contributed by atoms with Crippen LogP contribution < -0.4 is 9.62 Å². The van der Waals surface area contributed by atoms with E-state index in [0.29, 0.717) is 17.3 Å². The molecule has 0 saturated heterocycles. The van der Waals surface area contributed by atoms with E-state index in [1.54, 1.807) is 50.2 Å². The summed E-state index contributed by atoms with van der Waals surface area (Å²) in [6.07, 6.45) is 1.06. The second-order valence-electron chi connectivity index (χ2n) is 9.29. The Kier molecular flexibility index (Phi) is 9.14. The number of amides is 2. The van der Waals surface area contributed by atoms with Gasteiger partial charge in [0.2, 0.25) is 21.8 Å². The van der Waals surface area contributed by atoms with Gasteiger partial charge < -0.3 is 10.2 Å². The van der Waals surface area contributed by atoms with Gasteiger partial charge >= 0.3 is 0 Å². The highest BCUT2D eigenvalue weighted by molar-refractivity contribution is 7.92. The maximum Gasteiger partial charge on any atom is 0.244 e. The summed E-state index contributed by atoms with van der Waals surface area (Å²) in [4.78, 5) is 27.4. The standard InChI is InChI=1S/C25H34ClN3O4S/c1-7-27-24(31)18(2)28(16-19-9-8-10-21(26)15-19)23(30)17-29(34(6,32)33)22-13-11-20(12-14-22)25(3,4)5/h8-15,18H,7,16-17H2,1-6H3,(H,27,31). The molecule has 2 aromatic carbocycles. The van der Waals surface area contributed by atoms with Gasteiger partial charge in [-0.2, -0.15) is 0 Å².